The molecule has 1 fully saturated rings. The van der Waals surface area contributed by atoms with Crippen LogP contribution in [0.4, 0.5) is 0 Å². The maximum Gasteiger partial charge on any atom is 0.329 e. The summed E-state index contributed by atoms with van der Waals surface area (Å²) >= 11 is 0. The molecule has 1 rings (SSSR count). The summed E-state index contributed by atoms with van der Waals surface area (Å²) in [6, 6.07) is 0. The van der Waals surface area contributed by atoms with E-state index < -0.39 is 24.8 Å². The molecule has 0 spiro atoms. The van der Waals surface area contributed by atoms with E-state index in [1.54, 1.807) is 6.92 Å². The minimum atomic E-state index is -1.04. The van der Waals surface area contributed by atoms with Crippen molar-refractivity contribution in [3.05, 3.63) is 0 Å². The van der Waals surface area contributed by atoms with E-state index in [4.69, 9.17) is 19.3 Å². The van der Waals surface area contributed by atoms with Gasteiger partial charge in [0.25, 0.3) is 0 Å². The van der Waals surface area contributed by atoms with Gasteiger partial charge in [-0.3, -0.25) is 4.79 Å². The van der Waals surface area contributed by atoms with E-state index in [1.807, 2.05) is 7.05 Å². The molecule has 2 N–H and O–H groups in total. The summed E-state index contributed by atoms with van der Waals surface area (Å²) in [6.45, 7) is 8.20. The Hall–Kier alpha value is -1.02. The summed E-state index contributed by atoms with van der Waals surface area (Å²) in [5, 5.41) is 12.0. The Morgan fingerprint density at radius 3 is 2.42 bits per heavy atom. The van der Waals surface area contributed by atoms with Crippen LogP contribution in [0.15, 0.2) is 0 Å². The molecule has 7 heteroatoms. The van der Waals surface area contributed by atoms with Gasteiger partial charge in [0, 0.05) is 25.5 Å². The van der Waals surface area contributed by atoms with E-state index in [0.717, 1.165) is 0 Å². The fraction of sp³-hybridized carbons (Fsp3) is 0.882. The van der Waals surface area contributed by atoms with E-state index in [9.17, 15) is 9.59 Å². The van der Waals surface area contributed by atoms with Gasteiger partial charge in [0.05, 0.1) is 24.4 Å². The molecule has 7 nitrogen and oxygen atoms in total. The molecule has 0 amide bonds. The molecule has 1 saturated heterocycles. The second-order valence-electron chi connectivity index (χ2n) is 6.84. The molecule has 1 aliphatic heterocycles. The van der Waals surface area contributed by atoms with Crippen molar-refractivity contribution < 1.29 is 28.9 Å². The number of hydrogen-bond donors (Lipinski definition) is 2. The van der Waals surface area contributed by atoms with Crippen molar-refractivity contribution in [2.24, 2.45) is 11.8 Å². The van der Waals surface area contributed by atoms with Gasteiger partial charge < -0.3 is 24.6 Å². The van der Waals surface area contributed by atoms with Crippen molar-refractivity contribution in [1.82, 2.24) is 5.32 Å². The second-order valence-corrected chi connectivity index (χ2v) is 6.84. The van der Waals surface area contributed by atoms with Crippen LogP contribution in [0.3, 0.4) is 0 Å². The van der Waals surface area contributed by atoms with Crippen LogP contribution in [0.2, 0.25) is 0 Å². The predicted molar refractivity (Wildman–Crippen MR) is 89.0 cm³/mol. The average molecular weight is 345 g/mol. The van der Waals surface area contributed by atoms with Gasteiger partial charge in [-0.2, -0.15) is 0 Å². The number of carboxylic acid groups (broad SMARTS) is 1. The molecule has 24 heavy (non-hydrogen) atoms. The first-order valence-corrected chi connectivity index (χ1v) is 8.51. The number of ketones is 1. The number of nitrogens with one attached hydrogen (secondary N) is 1. The summed E-state index contributed by atoms with van der Waals surface area (Å²) in [5.74, 6) is -1.03. The molecule has 1 heterocycles. The van der Waals surface area contributed by atoms with Gasteiger partial charge in [0.1, 0.15) is 12.4 Å². The molecule has 0 radical (unpaired) electrons. The Balaban J connectivity index is 2.88. The van der Waals surface area contributed by atoms with E-state index in [-0.39, 0.29) is 23.9 Å². The zero-order valence-electron chi connectivity index (χ0n) is 15.3. The number of carbonyl (C=O) groups is 2. The first kappa shape index (κ1) is 21.0. The van der Waals surface area contributed by atoms with Crippen LogP contribution in [0.5, 0.6) is 0 Å². The minimum Gasteiger partial charge on any atom is -0.480 e. The zero-order chi connectivity index (χ0) is 18.3. The second kappa shape index (κ2) is 10.1. The molecule has 0 aromatic rings. The number of likely N-dealkylation sites (N-methyl/N-ethyl adjacent to an activating group) is 1. The van der Waals surface area contributed by atoms with Gasteiger partial charge in [0.15, 0.2) is 0 Å². The highest BCUT2D eigenvalue weighted by molar-refractivity contribution is 5.78. The smallest absolute Gasteiger partial charge is 0.329 e. The van der Waals surface area contributed by atoms with Crippen molar-refractivity contribution in [2.75, 3.05) is 26.8 Å². The van der Waals surface area contributed by atoms with Crippen molar-refractivity contribution in [3.8, 4) is 0 Å². The maximum absolute atomic E-state index is 11.8. The number of aliphatic carboxylic acids is 1. The third-order valence-electron chi connectivity index (χ3n) is 4.18. The highest BCUT2D eigenvalue weighted by Crippen LogP contribution is 2.30. The van der Waals surface area contributed by atoms with E-state index in [0.29, 0.717) is 25.5 Å². The van der Waals surface area contributed by atoms with Gasteiger partial charge in [0.2, 0.25) is 0 Å². The average Bonchev–Trinajstić information content (AvgIpc) is 2.51. The van der Waals surface area contributed by atoms with Crippen LogP contribution in [0, 0.1) is 11.8 Å². The van der Waals surface area contributed by atoms with E-state index >= 15 is 0 Å². The predicted octanol–water partition coefficient (Wildman–Crippen LogP) is 1.10. The number of hydrogen-bond acceptors (Lipinski definition) is 6. The highest BCUT2D eigenvalue weighted by atomic mass is 16.6. The Kier molecular flexibility index (Phi) is 8.83. The highest BCUT2D eigenvalue weighted by Gasteiger charge is 2.42. The summed E-state index contributed by atoms with van der Waals surface area (Å²) in [4.78, 5) is 22.6. The summed E-state index contributed by atoms with van der Waals surface area (Å²) < 4.78 is 17.6. The number of Topliss-reactive ketones (excluding diaryl/α,β-unsaturated/α-hetero) is 1. The maximum atomic E-state index is 11.8. The summed E-state index contributed by atoms with van der Waals surface area (Å²) in [5.41, 5.74) is 0. The Labute approximate surface area is 144 Å². The molecule has 0 saturated carbocycles. The van der Waals surface area contributed by atoms with Crippen molar-refractivity contribution >= 4 is 11.8 Å². The lowest BCUT2D eigenvalue weighted by molar-refractivity contribution is -0.210. The standard InChI is InChI=1S/C17H31NO6/c1-10(2)8-22-13-6-14(23-9-16(20)21)17(11(3)12(4)19)24-15(13)7-18-5/h10-11,13-15,17-18H,6-9H2,1-5H3,(H,20,21)/t11-,13?,14?,15+,17-/m0/s1. The minimum absolute atomic E-state index is 0.00585. The molecule has 0 bridgehead atoms. The first-order valence-electron chi connectivity index (χ1n) is 8.51. The summed E-state index contributed by atoms with van der Waals surface area (Å²) in [7, 11) is 1.83. The lowest BCUT2D eigenvalue weighted by Crippen LogP contribution is -2.55. The van der Waals surface area contributed by atoms with Crippen molar-refractivity contribution in [2.45, 2.75) is 58.5 Å². The Bertz CT molecular complexity index is 414. The van der Waals surface area contributed by atoms with Gasteiger partial charge in [-0.15, -0.1) is 0 Å². The number of ether oxygens (including phenoxy) is 3. The number of rotatable bonds is 10. The molecular weight excluding hydrogens is 314 g/mol. The zero-order valence-corrected chi connectivity index (χ0v) is 15.3. The number of carboxylic acids is 1. The monoisotopic (exact) mass is 345 g/mol. The lowest BCUT2D eigenvalue weighted by Gasteiger charge is -2.43. The normalized spacial score (nSPS) is 28.8. The fourth-order valence-electron chi connectivity index (χ4n) is 2.78. The third-order valence-corrected chi connectivity index (χ3v) is 4.18. The van der Waals surface area contributed by atoms with E-state index in [1.165, 1.54) is 6.92 Å². The van der Waals surface area contributed by atoms with Gasteiger partial charge in [-0.25, -0.2) is 4.79 Å². The molecular formula is C17H31NO6. The Morgan fingerprint density at radius 2 is 1.92 bits per heavy atom. The molecule has 2 unspecified atom stereocenters. The largest absolute Gasteiger partial charge is 0.480 e. The van der Waals surface area contributed by atoms with Crippen molar-refractivity contribution in [1.29, 1.82) is 0 Å². The van der Waals surface area contributed by atoms with Crippen molar-refractivity contribution in [3.63, 3.8) is 0 Å². The van der Waals surface area contributed by atoms with Crippen LogP contribution in [-0.2, 0) is 23.8 Å². The molecule has 0 aromatic carbocycles. The van der Waals surface area contributed by atoms with Gasteiger partial charge in [-0.05, 0) is 19.9 Å². The molecule has 0 aromatic heterocycles. The molecule has 0 aliphatic carbocycles. The molecule has 1 aliphatic rings. The lowest BCUT2D eigenvalue weighted by atomic mass is 9.88. The van der Waals surface area contributed by atoms with E-state index in [2.05, 4.69) is 19.2 Å². The Morgan fingerprint density at radius 1 is 1.25 bits per heavy atom. The van der Waals surface area contributed by atoms with Gasteiger partial charge >= 0.3 is 5.97 Å². The van der Waals surface area contributed by atoms with Crippen LogP contribution < -0.4 is 5.32 Å². The topological polar surface area (TPSA) is 94.1 Å². The van der Waals surface area contributed by atoms with Crippen LogP contribution in [-0.4, -0.2) is 68.1 Å². The molecule has 5 atom stereocenters. The van der Waals surface area contributed by atoms with Crippen LogP contribution >= 0.6 is 0 Å². The molecule has 140 valence electrons. The third kappa shape index (κ3) is 6.47. The van der Waals surface area contributed by atoms with Crippen LogP contribution in [0.1, 0.15) is 34.1 Å². The van der Waals surface area contributed by atoms with Crippen LogP contribution in [0.25, 0.3) is 0 Å². The first-order chi connectivity index (χ1) is 11.3. The quantitative estimate of drug-likeness (QED) is 0.612. The summed E-state index contributed by atoms with van der Waals surface area (Å²) in [6.07, 6.45) is -0.849. The fourth-order valence-corrected chi connectivity index (χ4v) is 2.78. The number of carbonyl (C=O) groups excluding carboxylic acids is 1. The SMILES string of the molecule is CNC[C@H]1O[C@@H]([C@@H](C)C(C)=O)C(OCC(=O)O)CC1OCC(C)C. The van der Waals surface area contributed by atoms with Gasteiger partial charge in [-0.1, -0.05) is 20.8 Å².